The van der Waals surface area contributed by atoms with Crippen LogP contribution in [0.4, 0.5) is 13.2 Å². The second-order valence-electron chi connectivity index (χ2n) is 14.4. The molecule has 272 valence electrons. The second-order valence-corrected chi connectivity index (χ2v) is 14.4. The Labute approximate surface area is 326 Å². The molecular weight excluding hydrogens is 712 g/mol. The normalized spacial score (nSPS) is 11.8. The Morgan fingerprint density at radius 2 is 0.965 bits per heavy atom. The molecule has 57 heavy (non-hydrogen) atoms. The van der Waals surface area contributed by atoms with Crippen LogP contribution in [0.15, 0.2) is 176 Å². The Morgan fingerprint density at radius 1 is 0.456 bits per heavy atom. The molecule has 8 aromatic carbocycles. The zero-order chi connectivity index (χ0) is 38.8. The van der Waals surface area contributed by atoms with Gasteiger partial charge in [0.25, 0.3) is 0 Å². The highest BCUT2D eigenvalue weighted by molar-refractivity contribution is 6.13. The summed E-state index contributed by atoms with van der Waals surface area (Å²) in [6, 6.07) is 58.7. The van der Waals surface area contributed by atoms with Crippen LogP contribution in [0.5, 0.6) is 0 Å². The molecule has 0 bridgehead atoms. The van der Waals surface area contributed by atoms with Crippen LogP contribution < -0.4 is 0 Å². The van der Waals surface area contributed by atoms with Gasteiger partial charge in [-0.3, -0.25) is 0 Å². The van der Waals surface area contributed by atoms with Crippen molar-refractivity contribution >= 4 is 43.6 Å². The molecule has 0 radical (unpaired) electrons. The van der Waals surface area contributed by atoms with Gasteiger partial charge in [0.05, 0.1) is 39.0 Å². The topological polar surface area (TPSA) is 33.6 Å². The molecule has 0 saturated heterocycles. The average Bonchev–Trinajstić information content (AvgIpc) is 3.75. The van der Waals surface area contributed by atoms with Gasteiger partial charge < -0.3 is 9.13 Å². The minimum atomic E-state index is -4.63. The zero-order valence-corrected chi connectivity index (χ0v) is 30.7. The first kappa shape index (κ1) is 34.2. The number of aromatic nitrogens is 2. The van der Waals surface area contributed by atoms with Crippen LogP contribution in [-0.4, -0.2) is 9.13 Å². The number of benzene rings is 8. The Hall–Kier alpha value is -7.36. The minimum Gasteiger partial charge on any atom is -0.308 e. The quantitative estimate of drug-likeness (QED) is 0.173. The van der Waals surface area contributed by atoms with Crippen molar-refractivity contribution < 1.29 is 13.2 Å². The van der Waals surface area contributed by atoms with E-state index >= 15 is 0 Å². The van der Waals surface area contributed by atoms with Gasteiger partial charge in [-0.25, -0.2) is 0 Å². The third-order valence-corrected chi connectivity index (χ3v) is 11.1. The maximum atomic E-state index is 14.9. The molecule has 6 heteroatoms. The number of nitriles is 1. The maximum Gasteiger partial charge on any atom is 0.417 e. The van der Waals surface area contributed by atoms with Crippen LogP contribution in [0.3, 0.4) is 0 Å². The van der Waals surface area contributed by atoms with Crippen LogP contribution in [0.2, 0.25) is 0 Å². The number of para-hydroxylation sites is 2. The lowest BCUT2D eigenvalue weighted by Crippen LogP contribution is -2.10. The highest BCUT2D eigenvalue weighted by Crippen LogP contribution is 2.45. The van der Waals surface area contributed by atoms with Crippen LogP contribution >= 0.6 is 0 Å². The Bertz CT molecular complexity index is 3230. The lowest BCUT2D eigenvalue weighted by atomic mass is 9.94. The molecule has 0 amide bonds. The molecule has 0 unspecified atom stereocenters. The van der Waals surface area contributed by atoms with Crippen molar-refractivity contribution in [2.75, 3.05) is 0 Å². The van der Waals surface area contributed by atoms with Crippen LogP contribution in [0.25, 0.3) is 88.4 Å². The molecule has 0 spiro atoms. The van der Waals surface area contributed by atoms with E-state index in [-0.39, 0.29) is 11.1 Å². The molecule has 0 saturated carbocycles. The van der Waals surface area contributed by atoms with Gasteiger partial charge in [0.2, 0.25) is 0 Å². The summed E-state index contributed by atoms with van der Waals surface area (Å²) in [5.74, 6) is 0. The van der Waals surface area contributed by atoms with Gasteiger partial charge in [0, 0.05) is 27.1 Å². The maximum absolute atomic E-state index is 14.9. The van der Waals surface area contributed by atoms with Gasteiger partial charge >= 0.3 is 6.18 Å². The second kappa shape index (κ2) is 13.1. The first-order valence-electron chi connectivity index (χ1n) is 18.7. The molecular formula is C51H32F3N3. The fourth-order valence-electron chi connectivity index (χ4n) is 8.47. The van der Waals surface area contributed by atoms with Gasteiger partial charge in [0.1, 0.15) is 11.6 Å². The summed E-state index contributed by atoms with van der Waals surface area (Å²) in [5, 5.41) is 15.3. The number of fused-ring (bicyclic) bond motifs is 6. The van der Waals surface area contributed by atoms with Crippen molar-refractivity contribution in [3.05, 3.63) is 193 Å². The van der Waals surface area contributed by atoms with E-state index in [1.807, 2.05) is 77.4 Å². The number of nitrogens with zero attached hydrogens (tertiary/aromatic N) is 3. The van der Waals surface area contributed by atoms with E-state index in [9.17, 15) is 18.4 Å². The summed E-state index contributed by atoms with van der Waals surface area (Å²) >= 11 is 0. The molecule has 0 fully saturated rings. The summed E-state index contributed by atoms with van der Waals surface area (Å²) in [5.41, 5.74) is 9.46. The summed E-state index contributed by atoms with van der Waals surface area (Å²) in [7, 11) is 0. The number of hydrogen-bond donors (Lipinski definition) is 0. The van der Waals surface area contributed by atoms with Crippen molar-refractivity contribution in [3.63, 3.8) is 0 Å². The first-order chi connectivity index (χ1) is 27.8. The molecule has 0 atom stereocenters. The van der Waals surface area contributed by atoms with Crippen molar-refractivity contribution in [1.82, 2.24) is 9.13 Å². The van der Waals surface area contributed by atoms with Crippen molar-refractivity contribution in [2.45, 2.75) is 13.1 Å². The van der Waals surface area contributed by atoms with Crippen LogP contribution in [0.1, 0.15) is 16.7 Å². The third kappa shape index (κ3) is 5.50. The molecule has 10 aromatic rings. The summed E-state index contributed by atoms with van der Waals surface area (Å²) in [6.07, 6.45) is -4.63. The summed E-state index contributed by atoms with van der Waals surface area (Å²) < 4.78 is 48.6. The number of alkyl halides is 3. The molecule has 0 aliphatic carbocycles. The smallest absolute Gasteiger partial charge is 0.308 e. The van der Waals surface area contributed by atoms with E-state index < -0.39 is 11.7 Å². The van der Waals surface area contributed by atoms with E-state index in [1.54, 1.807) is 18.2 Å². The van der Waals surface area contributed by atoms with E-state index in [1.165, 1.54) is 17.7 Å². The SMILES string of the molecule is Cc1ccc(-c2ccc3c(c2)c2ccccc2n3-c2ccc(-c3ccccc3C(F)(F)F)c(-n3c4ccccc4c4cc(-c5ccccc5)ccc43)c2C#N)cc1. The first-order valence-corrected chi connectivity index (χ1v) is 18.7. The highest BCUT2D eigenvalue weighted by atomic mass is 19.4. The number of hydrogen-bond acceptors (Lipinski definition) is 1. The van der Waals surface area contributed by atoms with E-state index in [2.05, 4.69) is 84.3 Å². The zero-order valence-electron chi connectivity index (χ0n) is 30.7. The lowest BCUT2D eigenvalue weighted by Gasteiger charge is -2.22. The predicted octanol–water partition coefficient (Wildman–Crippen LogP) is 14.1. The van der Waals surface area contributed by atoms with Crippen molar-refractivity contribution in [1.29, 1.82) is 5.26 Å². The Morgan fingerprint density at radius 3 is 1.60 bits per heavy atom. The van der Waals surface area contributed by atoms with Gasteiger partial charge in [-0.15, -0.1) is 0 Å². The lowest BCUT2D eigenvalue weighted by molar-refractivity contribution is -0.137. The minimum absolute atomic E-state index is 0.000140. The Balaban J connectivity index is 1.32. The Kier molecular flexibility index (Phi) is 7.88. The van der Waals surface area contributed by atoms with Crippen LogP contribution in [0, 0.1) is 18.3 Å². The molecule has 2 aromatic heterocycles. The number of rotatable bonds is 5. The van der Waals surface area contributed by atoms with Crippen molar-refractivity contribution in [2.24, 2.45) is 0 Å². The summed E-state index contributed by atoms with van der Waals surface area (Å²) in [6.45, 7) is 2.07. The standard InChI is InChI=1S/C51H32F3N3/c1-32-19-21-34(22-20-32)36-23-26-47-41(30-36)38-14-6-9-17-45(38)56(47)49-28-25-40(37-13-5-8-16-44(37)51(52,53)54)50(43(49)31-55)57-46-18-10-7-15-39(46)42-29-35(24-27-48(42)57)33-11-3-2-4-12-33/h2-30H,1H3. The van der Waals surface area contributed by atoms with Gasteiger partial charge in [-0.1, -0.05) is 133 Å². The number of aryl methyl sites for hydroxylation is 1. The fourth-order valence-corrected chi connectivity index (χ4v) is 8.47. The predicted molar refractivity (Wildman–Crippen MR) is 226 cm³/mol. The van der Waals surface area contributed by atoms with Gasteiger partial charge in [-0.05, 0) is 83.3 Å². The fraction of sp³-hybridized carbons (Fsp3) is 0.0392. The molecule has 10 rings (SSSR count). The van der Waals surface area contributed by atoms with Gasteiger partial charge in [0.15, 0.2) is 0 Å². The molecule has 0 aliphatic heterocycles. The van der Waals surface area contributed by atoms with Gasteiger partial charge in [-0.2, -0.15) is 18.4 Å². The third-order valence-electron chi connectivity index (χ3n) is 11.1. The van der Waals surface area contributed by atoms with E-state index in [4.69, 9.17) is 0 Å². The molecule has 0 aliphatic rings. The highest BCUT2D eigenvalue weighted by Gasteiger charge is 2.35. The summed E-state index contributed by atoms with van der Waals surface area (Å²) in [4.78, 5) is 0. The largest absolute Gasteiger partial charge is 0.417 e. The van der Waals surface area contributed by atoms with Crippen LogP contribution in [-0.2, 0) is 6.18 Å². The monoisotopic (exact) mass is 743 g/mol. The molecule has 0 N–H and O–H groups in total. The molecule has 3 nitrogen and oxygen atoms in total. The van der Waals surface area contributed by atoms with E-state index in [0.29, 0.717) is 16.9 Å². The number of halogens is 3. The van der Waals surface area contributed by atoms with Crippen molar-refractivity contribution in [3.8, 4) is 50.8 Å². The average molecular weight is 744 g/mol. The molecule has 2 heterocycles. The van der Waals surface area contributed by atoms with E-state index in [0.717, 1.165) is 71.9 Å².